The molecule has 2 heterocycles. The molecule has 1 saturated heterocycles. The number of hydrogen-bond donors (Lipinski definition) is 3. The van der Waals surface area contributed by atoms with E-state index < -0.39 is 21.8 Å². The number of allylic oxidation sites excluding steroid dienone is 2. The molecule has 0 aromatic heterocycles. The van der Waals surface area contributed by atoms with Crippen LogP contribution in [0.1, 0.15) is 40.0 Å². The van der Waals surface area contributed by atoms with Gasteiger partial charge in [-0.1, -0.05) is 12.2 Å². The number of hydrogen-bond acceptors (Lipinski definition) is 3. The molecule has 0 aromatic carbocycles. The van der Waals surface area contributed by atoms with Crippen LogP contribution in [0.4, 0.5) is 4.79 Å². The summed E-state index contributed by atoms with van der Waals surface area (Å²) in [4.78, 5) is 13.2. The molecule has 1 fully saturated rings. The van der Waals surface area contributed by atoms with Crippen molar-refractivity contribution in [3.05, 3.63) is 23.4 Å². The van der Waals surface area contributed by atoms with Crippen LogP contribution < -0.4 is 10.0 Å². The molecule has 1 spiro atoms. The van der Waals surface area contributed by atoms with Crippen molar-refractivity contribution in [1.29, 1.82) is 0 Å². The molecule has 2 aliphatic heterocycles. The third-order valence-corrected chi connectivity index (χ3v) is 6.83. The van der Waals surface area contributed by atoms with Crippen molar-refractivity contribution in [2.45, 2.75) is 50.8 Å². The minimum atomic E-state index is -1.25. The Kier molecular flexibility index (Phi) is 4.61. The number of piperidine rings is 1. The van der Waals surface area contributed by atoms with Crippen molar-refractivity contribution in [3.8, 4) is 0 Å². The van der Waals surface area contributed by atoms with E-state index >= 15 is 0 Å². The van der Waals surface area contributed by atoms with Gasteiger partial charge in [0.1, 0.15) is 0 Å². The highest BCUT2D eigenvalue weighted by molar-refractivity contribution is 7.84. The summed E-state index contributed by atoms with van der Waals surface area (Å²) in [6, 6.07) is -0.185. The third kappa shape index (κ3) is 3.05. The zero-order valence-electron chi connectivity index (χ0n) is 14.6. The maximum Gasteiger partial charge on any atom is 0.411 e. The van der Waals surface area contributed by atoms with Crippen LogP contribution in [-0.2, 0) is 11.0 Å². The van der Waals surface area contributed by atoms with Crippen LogP contribution in [0.2, 0.25) is 0 Å². The summed E-state index contributed by atoms with van der Waals surface area (Å²) in [6.45, 7) is 8.00. The van der Waals surface area contributed by atoms with Crippen LogP contribution in [0, 0.1) is 5.41 Å². The van der Waals surface area contributed by atoms with Gasteiger partial charge in [-0.2, -0.15) is 0 Å². The first-order chi connectivity index (χ1) is 11.2. The topological polar surface area (TPSA) is 81.7 Å². The standard InChI is InChI=1S/C17H27N3O3S/c1-16(2,3)24(23)19-14-13-12(5-4-10-20(13)15(21)22)11-17(14)6-8-18-9-7-17/h4-5,14,18-19H,6-11H2,1-3H3,(H,21,22)/t14-,24?/m1/s1. The summed E-state index contributed by atoms with van der Waals surface area (Å²) >= 11 is 0. The highest BCUT2D eigenvalue weighted by atomic mass is 32.2. The first-order valence-corrected chi connectivity index (χ1v) is 9.68. The molecular formula is C17H27N3O3S. The van der Waals surface area contributed by atoms with Crippen molar-refractivity contribution < 1.29 is 14.1 Å². The van der Waals surface area contributed by atoms with E-state index in [4.69, 9.17) is 0 Å². The van der Waals surface area contributed by atoms with Gasteiger partial charge in [0.05, 0.1) is 21.8 Å². The summed E-state index contributed by atoms with van der Waals surface area (Å²) in [5, 5.41) is 13.0. The maximum absolute atomic E-state index is 12.8. The van der Waals surface area contributed by atoms with Gasteiger partial charge in [0.25, 0.3) is 0 Å². The molecule has 3 aliphatic rings. The van der Waals surface area contributed by atoms with Crippen LogP contribution in [0.3, 0.4) is 0 Å². The van der Waals surface area contributed by atoms with E-state index in [-0.39, 0.29) is 11.5 Å². The third-order valence-electron chi connectivity index (χ3n) is 5.27. The second-order valence-electron chi connectivity index (χ2n) is 7.93. The predicted octanol–water partition coefficient (Wildman–Crippen LogP) is 1.98. The molecule has 0 saturated carbocycles. The smallest absolute Gasteiger partial charge is 0.411 e. The van der Waals surface area contributed by atoms with Crippen molar-refractivity contribution in [2.24, 2.45) is 5.41 Å². The largest absolute Gasteiger partial charge is 0.465 e. The van der Waals surface area contributed by atoms with Gasteiger partial charge in [0, 0.05) is 12.2 Å². The predicted molar refractivity (Wildman–Crippen MR) is 94.9 cm³/mol. The number of carbonyl (C=O) groups is 1. The average Bonchev–Trinajstić information content (AvgIpc) is 2.80. The lowest BCUT2D eigenvalue weighted by atomic mass is 9.73. The Morgan fingerprint density at radius 3 is 2.67 bits per heavy atom. The van der Waals surface area contributed by atoms with E-state index in [2.05, 4.69) is 16.1 Å². The fraction of sp³-hybridized carbons (Fsp3) is 0.706. The minimum Gasteiger partial charge on any atom is -0.465 e. The highest BCUT2D eigenvalue weighted by Crippen LogP contribution is 2.50. The fourth-order valence-corrected chi connectivity index (χ4v) is 4.88. The normalized spacial score (nSPS) is 27.5. The van der Waals surface area contributed by atoms with Crippen LogP contribution >= 0.6 is 0 Å². The van der Waals surface area contributed by atoms with Crippen LogP contribution in [0.15, 0.2) is 23.4 Å². The van der Waals surface area contributed by atoms with Crippen molar-refractivity contribution >= 4 is 17.1 Å². The van der Waals surface area contributed by atoms with E-state index in [1.807, 2.05) is 26.8 Å². The first kappa shape index (κ1) is 17.6. The lowest BCUT2D eigenvalue weighted by molar-refractivity contribution is 0.143. The minimum absolute atomic E-state index is 0.0563. The molecule has 6 nitrogen and oxygen atoms in total. The molecule has 7 heteroatoms. The van der Waals surface area contributed by atoms with Gasteiger partial charge in [-0.05, 0) is 64.1 Å². The Balaban J connectivity index is 1.98. The van der Waals surface area contributed by atoms with Gasteiger partial charge in [0.2, 0.25) is 0 Å². The molecule has 2 atom stereocenters. The van der Waals surface area contributed by atoms with Gasteiger partial charge < -0.3 is 10.4 Å². The molecule has 0 bridgehead atoms. The SMILES string of the molecule is CC(C)(C)S(=O)N[C@@H]1C2=C(C=CCN2C(=O)O)CC12CCNCC2. The second kappa shape index (κ2) is 6.28. The van der Waals surface area contributed by atoms with Crippen molar-refractivity contribution in [2.75, 3.05) is 19.6 Å². The molecule has 3 N–H and O–H groups in total. The maximum atomic E-state index is 12.8. The summed E-state index contributed by atoms with van der Waals surface area (Å²) in [6.07, 6.45) is 5.79. The van der Waals surface area contributed by atoms with Gasteiger partial charge >= 0.3 is 6.09 Å². The summed E-state index contributed by atoms with van der Waals surface area (Å²) in [7, 11) is -1.25. The lowest BCUT2D eigenvalue weighted by Crippen LogP contribution is -2.54. The summed E-state index contributed by atoms with van der Waals surface area (Å²) < 4.78 is 15.7. The molecule has 24 heavy (non-hydrogen) atoms. The number of rotatable bonds is 2. The van der Waals surface area contributed by atoms with E-state index in [0.717, 1.165) is 43.6 Å². The average molecular weight is 353 g/mol. The lowest BCUT2D eigenvalue weighted by Gasteiger charge is -2.42. The Morgan fingerprint density at radius 1 is 1.42 bits per heavy atom. The highest BCUT2D eigenvalue weighted by Gasteiger charge is 2.51. The van der Waals surface area contributed by atoms with Gasteiger partial charge in [-0.3, -0.25) is 4.90 Å². The first-order valence-electron chi connectivity index (χ1n) is 8.53. The van der Waals surface area contributed by atoms with E-state index in [1.165, 1.54) is 4.90 Å². The number of carboxylic acid groups (broad SMARTS) is 1. The van der Waals surface area contributed by atoms with Crippen LogP contribution in [0.25, 0.3) is 0 Å². The molecule has 0 aromatic rings. The van der Waals surface area contributed by atoms with Crippen molar-refractivity contribution in [1.82, 2.24) is 14.9 Å². The zero-order valence-corrected chi connectivity index (χ0v) is 15.4. The van der Waals surface area contributed by atoms with Crippen molar-refractivity contribution in [3.63, 3.8) is 0 Å². The van der Waals surface area contributed by atoms with Gasteiger partial charge in [0.15, 0.2) is 0 Å². The summed E-state index contributed by atoms with van der Waals surface area (Å²) in [5.41, 5.74) is 1.83. The van der Waals surface area contributed by atoms with E-state index in [0.29, 0.717) is 6.54 Å². The second-order valence-corrected chi connectivity index (χ2v) is 9.93. The molecule has 3 rings (SSSR count). The number of nitrogens with zero attached hydrogens (tertiary/aromatic N) is 1. The van der Waals surface area contributed by atoms with E-state index in [1.54, 1.807) is 0 Å². The Labute approximate surface area is 146 Å². The fourth-order valence-electron chi connectivity index (χ4n) is 3.96. The van der Waals surface area contributed by atoms with E-state index in [9.17, 15) is 14.1 Å². The summed E-state index contributed by atoms with van der Waals surface area (Å²) in [5.74, 6) is 0. The number of amides is 1. The van der Waals surface area contributed by atoms with Gasteiger partial charge in [-0.15, -0.1) is 0 Å². The molecule has 1 aliphatic carbocycles. The Hall–Kier alpha value is -1.18. The van der Waals surface area contributed by atoms with Gasteiger partial charge in [-0.25, -0.2) is 13.7 Å². The molecule has 0 radical (unpaired) electrons. The number of nitrogens with one attached hydrogen (secondary N) is 2. The van der Waals surface area contributed by atoms with Crippen LogP contribution in [0.5, 0.6) is 0 Å². The monoisotopic (exact) mass is 353 g/mol. The molecule has 134 valence electrons. The quantitative estimate of drug-likeness (QED) is 0.709. The molecule has 1 unspecified atom stereocenters. The molecular weight excluding hydrogens is 326 g/mol. The van der Waals surface area contributed by atoms with Crippen LogP contribution in [-0.4, -0.2) is 50.7 Å². The zero-order chi connectivity index (χ0) is 17.5. The Morgan fingerprint density at radius 2 is 2.08 bits per heavy atom. The molecule has 1 amide bonds. The Bertz CT molecular complexity index is 615.